The molecule has 0 spiro atoms. The Hall–Kier alpha value is -1.30. The number of hydrogen-bond donors (Lipinski definition) is 0. The Labute approximate surface area is 114 Å². The van der Waals surface area contributed by atoms with Gasteiger partial charge in [0.2, 0.25) is 0 Å². The maximum atomic E-state index is 2.18. The van der Waals surface area contributed by atoms with Crippen LogP contribution < -0.4 is 0 Å². The van der Waals surface area contributed by atoms with Gasteiger partial charge in [0.25, 0.3) is 0 Å². The van der Waals surface area contributed by atoms with Crippen LogP contribution in [-0.4, -0.2) is 0 Å². The maximum Gasteiger partial charge on any atom is -0.0152 e. The molecule has 0 aliphatic rings. The van der Waals surface area contributed by atoms with Gasteiger partial charge in [-0.3, -0.25) is 0 Å². The van der Waals surface area contributed by atoms with Crippen LogP contribution in [0, 0.1) is 13.8 Å². The van der Waals surface area contributed by atoms with Crippen LogP contribution in [0.2, 0.25) is 0 Å². The van der Waals surface area contributed by atoms with Crippen LogP contribution >= 0.6 is 0 Å². The zero-order chi connectivity index (χ0) is 14.6. The third kappa shape index (κ3) is 5.35. The Balaban J connectivity index is 0. The summed E-state index contributed by atoms with van der Waals surface area (Å²) < 4.78 is 0. The topological polar surface area (TPSA) is 0 Å². The second-order valence-corrected chi connectivity index (χ2v) is 3.24. The van der Waals surface area contributed by atoms with E-state index in [0.717, 1.165) is 0 Å². The van der Waals surface area contributed by atoms with Crippen molar-refractivity contribution in [3.63, 3.8) is 0 Å². The second-order valence-electron chi connectivity index (χ2n) is 3.24. The van der Waals surface area contributed by atoms with Gasteiger partial charge in [-0.1, -0.05) is 77.9 Å². The highest BCUT2D eigenvalue weighted by atomic mass is 14.0. The fourth-order valence-corrected chi connectivity index (χ4v) is 1.62. The zero-order valence-electron chi connectivity index (χ0n) is 13.5. The summed E-state index contributed by atoms with van der Waals surface area (Å²) in [5.41, 5.74) is 2.72. The van der Waals surface area contributed by atoms with Crippen LogP contribution in [0.15, 0.2) is 36.4 Å². The molecular formula is C18H30. The van der Waals surface area contributed by atoms with Gasteiger partial charge < -0.3 is 0 Å². The van der Waals surface area contributed by atoms with Crippen LogP contribution in [0.4, 0.5) is 0 Å². The van der Waals surface area contributed by atoms with E-state index >= 15 is 0 Å². The molecule has 0 aromatic heterocycles. The summed E-state index contributed by atoms with van der Waals surface area (Å²) in [6, 6.07) is 12.9. The standard InChI is InChI=1S/C12H12.3C2H6/c1-9-5-3-8-12-10(2)6-4-7-11(9)12;3*1-2/h3-8H,1-2H3;3*1-2H3. The number of benzene rings is 2. The van der Waals surface area contributed by atoms with Gasteiger partial charge in [0.05, 0.1) is 0 Å². The molecule has 0 radical (unpaired) electrons. The molecule has 18 heavy (non-hydrogen) atoms. The van der Waals surface area contributed by atoms with E-state index < -0.39 is 0 Å². The lowest BCUT2D eigenvalue weighted by Crippen LogP contribution is -1.80. The third-order valence-corrected chi connectivity index (χ3v) is 2.36. The SMILES string of the molecule is CC.CC.CC.Cc1cccc2c(C)cccc12. The first kappa shape index (κ1) is 19.0. The summed E-state index contributed by atoms with van der Waals surface area (Å²) in [6.07, 6.45) is 0. The predicted molar refractivity (Wildman–Crippen MR) is 87.5 cm³/mol. The van der Waals surface area contributed by atoms with E-state index in [9.17, 15) is 0 Å². The predicted octanol–water partition coefficient (Wildman–Crippen LogP) is 6.54. The quantitative estimate of drug-likeness (QED) is 0.495. The third-order valence-electron chi connectivity index (χ3n) is 2.36. The van der Waals surface area contributed by atoms with Crippen molar-refractivity contribution >= 4 is 10.8 Å². The molecule has 2 aromatic rings. The maximum absolute atomic E-state index is 2.18. The molecule has 2 aromatic carbocycles. The minimum Gasteiger partial charge on any atom is -0.0683 e. The normalized spacial score (nSPS) is 8.00. The largest absolute Gasteiger partial charge is 0.0683 e. The molecule has 102 valence electrons. The molecule has 0 saturated heterocycles. The number of aryl methyl sites for hydroxylation is 2. The summed E-state index contributed by atoms with van der Waals surface area (Å²) in [5.74, 6) is 0. The van der Waals surface area contributed by atoms with E-state index in [0.29, 0.717) is 0 Å². The summed E-state index contributed by atoms with van der Waals surface area (Å²) in [6.45, 7) is 16.3. The highest BCUT2D eigenvalue weighted by molar-refractivity contribution is 5.88. The van der Waals surface area contributed by atoms with Crippen molar-refractivity contribution in [3.05, 3.63) is 47.5 Å². The molecule has 0 saturated carbocycles. The van der Waals surface area contributed by atoms with Crippen LogP contribution in [0.3, 0.4) is 0 Å². The van der Waals surface area contributed by atoms with Crippen molar-refractivity contribution in [2.24, 2.45) is 0 Å². The van der Waals surface area contributed by atoms with Gasteiger partial charge >= 0.3 is 0 Å². The Morgan fingerprint density at radius 2 is 0.778 bits per heavy atom. The molecule has 0 heterocycles. The zero-order valence-corrected chi connectivity index (χ0v) is 13.5. The van der Waals surface area contributed by atoms with Gasteiger partial charge in [-0.2, -0.15) is 0 Å². The molecule has 0 heteroatoms. The molecule has 0 fully saturated rings. The molecule has 0 nitrogen and oxygen atoms in total. The number of hydrogen-bond acceptors (Lipinski definition) is 0. The smallest absolute Gasteiger partial charge is 0.0152 e. The van der Waals surface area contributed by atoms with Crippen molar-refractivity contribution in [1.29, 1.82) is 0 Å². The minimum atomic E-state index is 1.36. The Bertz CT molecular complexity index is 372. The van der Waals surface area contributed by atoms with E-state index in [1.54, 1.807) is 0 Å². The van der Waals surface area contributed by atoms with Crippen LogP contribution in [0.1, 0.15) is 52.7 Å². The van der Waals surface area contributed by atoms with Crippen LogP contribution in [0.25, 0.3) is 10.8 Å². The molecule has 0 amide bonds. The van der Waals surface area contributed by atoms with Crippen molar-refractivity contribution in [1.82, 2.24) is 0 Å². The molecule has 0 unspecified atom stereocenters. The van der Waals surface area contributed by atoms with Crippen molar-refractivity contribution in [3.8, 4) is 0 Å². The van der Waals surface area contributed by atoms with Crippen molar-refractivity contribution in [2.75, 3.05) is 0 Å². The first-order valence-electron chi connectivity index (χ1n) is 7.24. The lowest BCUT2D eigenvalue weighted by atomic mass is 10.0. The molecule has 2 rings (SSSR count). The van der Waals surface area contributed by atoms with Crippen molar-refractivity contribution < 1.29 is 0 Å². The van der Waals surface area contributed by atoms with Crippen molar-refractivity contribution in [2.45, 2.75) is 55.4 Å². The summed E-state index contributed by atoms with van der Waals surface area (Å²) in [7, 11) is 0. The Kier molecular flexibility index (Phi) is 12.9. The first-order chi connectivity index (χ1) is 8.79. The lowest BCUT2D eigenvalue weighted by Gasteiger charge is -2.03. The van der Waals surface area contributed by atoms with Crippen LogP contribution in [-0.2, 0) is 0 Å². The second kappa shape index (κ2) is 12.2. The molecule has 0 aliphatic carbocycles. The fourth-order valence-electron chi connectivity index (χ4n) is 1.62. The Morgan fingerprint density at radius 1 is 0.500 bits per heavy atom. The van der Waals surface area contributed by atoms with Gasteiger partial charge in [0.1, 0.15) is 0 Å². The van der Waals surface area contributed by atoms with Gasteiger partial charge in [0.15, 0.2) is 0 Å². The van der Waals surface area contributed by atoms with E-state index in [1.165, 1.54) is 21.9 Å². The molecule has 0 bridgehead atoms. The van der Waals surface area contributed by atoms with E-state index in [1.807, 2.05) is 41.5 Å². The molecule has 0 aliphatic heterocycles. The number of fused-ring (bicyclic) bond motifs is 1. The fraction of sp³-hybridized carbons (Fsp3) is 0.444. The van der Waals surface area contributed by atoms with Gasteiger partial charge in [0, 0.05) is 0 Å². The lowest BCUT2D eigenvalue weighted by molar-refractivity contribution is 1.48. The average Bonchev–Trinajstić information content (AvgIpc) is 2.47. The number of rotatable bonds is 0. The van der Waals surface area contributed by atoms with E-state index in [-0.39, 0.29) is 0 Å². The van der Waals surface area contributed by atoms with Crippen LogP contribution in [0.5, 0.6) is 0 Å². The summed E-state index contributed by atoms with van der Waals surface area (Å²) in [5, 5.41) is 2.75. The van der Waals surface area contributed by atoms with Gasteiger partial charge in [-0.15, -0.1) is 0 Å². The van der Waals surface area contributed by atoms with Gasteiger partial charge in [-0.05, 0) is 35.7 Å². The van der Waals surface area contributed by atoms with Gasteiger partial charge in [-0.25, -0.2) is 0 Å². The van der Waals surface area contributed by atoms with E-state index in [4.69, 9.17) is 0 Å². The summed E-state index contributed by atoms with van der Waals surface area (Å²) in [4.78, 5) is 0. The first-order valence-corrected chi connectivity index (χ1v) is 7.24. The molecule has 0 atom stereocenters. The highest BCUT2D eigenvalue weighted by Gasteiger charge is 1.96. The monoisotopic (exact) mass is 246 g/mol. The Morgan fingerprint density at radius 3 is 1.06 bits per heavy atom. The minimum absolute atomic E-state index is 1.36. The summed E-state index contributed by atoms with van der Waals surface area (Å²) >= 11 is 0. The average molecular weight is 246 g/mol. The molecular weight excluding hydrogens is 216 g/mol. The van der Waals surface area contributed by atoms with E-state index in [2.05, 4.69) is 50.2 Å². The highest BCUT2D eigenvalue weighted by Crippen LogP contribution is 2.20. The molecule has 0 N–H and O–H groups in total.